The smallest absolute Gasteiger partial charge is 0.309 e. The summed E-state index contributed by atoms with van der Waals surface area (Å²) in [5.74, 6) is -3.41. The molecule has 412 valence electrons. The molecule has 1 aromatic heterocycles. The molecule has 3 saturated heterocycles. The summed E-state index contributed by atoms with van der Waals surface area (Å²) in [6, 6.07) is 2.67. The lowest BCUT2D eigenvalue weighted by molar-refractivity contribution is -0.302. The minimum atomic E-state index is -3.51. The number of esters is 1. The summed E-state index contributed by atoms with van der Waals surface area (Å²) in [5.41, 5.74) is -4.07. The Morgan fingerprint density at radius 2 is 1.64 bits per heavy atom. The van der Waals surface area contributed by atoms with Crippen LogP contribution in [-0.4, -0.2) is 196 Å². The van der Waals surface area contributed by atoms with Gasteiger partial charge in [0, 0.05) is 63.5 Å². The van der Waals surface area contributed by atoms with Gasteiger partial charge in [0.05, 0.1) is 52.1 Å². The molecule has 4 heterocycles. The van der Waals surface area contributed by atoms with Crippen LogP contribution in [-0.2, 0) is 44.7 Å². The van der Waals surface area contributed by atoms with Gasteiger partial charge in [-0.05, 0) is 104 Å². The molecule has 21 heteroatoms. The third-order valence-electron chi connectivity index (χ3n) is 16.2. The van der Waals surface area contributed by atoms with Crippen molar-refractivity contribution in [1.29, 1.82) is 0 Å². The molecule has 1 unspecified atom stereocenters. The van der Waals surface area contributed by atoms with E-state index in [1.807, 2.05) is 44.7 Å². The number of aliphatic hydroxyl groups is 5. The molecule has 0 bridgehead atoms. The Kier molecular flexibility index (Phi) is 20.1. The van der Waals surface area contributed by atoms with Gasteiger partial charge in [0.15, 0.2) is 22.3 Å². The summed E-state index contributed by atoms with van der Waals surface area (Å²) < 4.78 is 87.1. The van der Waals surface area contributed by atoms with Gasteiger partial charge < -0.3 is 59.0 Å². The predicted molar refractivity (Wildman–Crippen MR) is 264 cm³/mol. The maximum absolute atomic E-state index is 15.7. The number of aliphatic hydroxyl groups excluding tert-OH is 3. The predicted octanol–water partition coefficient (Wildman–Crippen LogP) is 4.00. The lowest BCUT2D eigenvalue weighted by atomic mass is 9.68. The van der Waals surface area contributed by atoms with E-state index in [0.717, 1.165) is 10.9 Å². The van der Waals surface area contributed by atoms with Crippen LogP contribution in [0.2, 0.25) is 0 Å². The van der Waals surface area contributed by atoms with E-state index >= 15 is 4.39 Å². The van der Waals surface area contributed by atoms with Gasteiger partial charge >= 0.3 is 5.97 Å². The van der Waals surface area contributed by atoms with Crippen LogP contribution in [0.4, 0.5) is 8.78 Å². The zero-order valence-corrected chi connectivity index (χ0v) is 45.6. The summed E-state index contributed by atoms with van der Waals surface area (Å²) >= 11 is 0. The van der Waals surface area contributed by atoms with Crippen molar-refractivity contribution in [3.05, 3.63) is 41.7 Å². The molecule has 20 atom stereocenters. The van der Waals surface area contributed by atoms with Crippen LogP contribution in [0.15, 0.2) is 35.4 Å². The molecule has 0 amide bonds. The van der Waals surface area contributed by atoms with E-state index in [2.05, 4.69) is 10.3 Å². The average molecular weight is 1050 g/mol. The summed E-state index contributed by atoms with van der Waals surface area (Å²) in [5, 5.41) is 68.2. The van der Waals surface area contributed by atoms with E-state index in [1.54, 1.807) is 41.5 Å². The number of carbonyl (C=O) groups excluding carboxylic acids is 1. The maximum Gasteiger partial charge on any atom is 0.309 e. The summed E-state index contributed by atoms with van der Waals surface area (Å²) in [7, 11) is 1.63. The molecule has 3 aliphatic rings. The third-order valence-corrected chi connectivity index (χ3v) is 17.3. The fraction of sp³-hybridized carbons (Fsp3) is 0.824. The van der Waals surface area contributed by atoms with Crippen molar-refractivity contribution in [3.8, 4) is 0 Å². The van der Waals surface area contributed by atoms with Gasteiger partial charge in [0.2, 0.25) is 0 Å². The van der Waals surface area contributed by atoms with E-state index < -0.39 is 136 Å². The van der Waals surface area contributed by atoms with Crippen LogP contribution >= 0.6 is 0 Å². The monoisotopic (exact) mass is 1050 g/mol. The van der Waals surface area contributed by atoms with Gasteiger partial charge in [0.1, 0.15) is 42.7 Å². The third kappa shape index (κ3) is 13.4. The average Bonchev–Trinajstić information content (AvgIpc) is 3.78. The van der Waals surface area contributed by atoms with Gasteiger partial charge in [0.25, 0.3) is 0 Å². The van der Waals surface area contributed by atoms with Gasteiger partial charge in [-0.1, -0.05) is 45.0 Å². The summed E-state index contributed by atoms with van der Waals surface area (Å²) in [6.07, 6.45) is -7.24. The minimum absolute atomic E-state index is 0.0135. The molecular weight excluding hydrogens is 961 g/mol. The van der Waals surface area contributed by atoms with Crippen LogP contribution < -0.4 is 0 Å². The molecule has 5 rings (SSSR count). The van der Waals surface area contributed by atoms with Crippen LogP contribution in [0.5, 0.6) is 0 Å². The Bertz CT molecular complexity index is 2170. The van der Waals surface area contributed by atoms with Crippen LogP contribution in [0, 0.1) is 23.7 Å². The number of cyclic esters (lactones) is 1. The van der Waals surface area contributed by atoms with Crippen molar-refractivity contribution in [2.24, 2.45) is 23.7 Å². The molecule has 1 aromatic carbocycles. The standard InChI is InChI=1S/C51H85F2N5O13S/c1-15-40-51(10,64)44(60)32(6)57(12)26-28(2)23-49(8,63)46(30(4)41(31(5)47(62)70-40)39-24-50(9,67-13)45(61)33(7)69-39)71-48-43(59)37(22-29(3)68-48)56(11)21-20-35-27-58(55-54-35)38(25-52)42(53)34-16-18-36(19-17-34)72(14,65)66/h16-19,27-33,37-46,48,59-61,63-64H,15,20-26H2,1-14H3/t28-,29-,30+,31-,32-,33+,37+,38-,39?,40-,41+,42-,43-,44-,45+,46-,48+,49-,50-,51-/m1/s1. The Morgan fingerprint density at radius 1 is 1.00 bits per heavy atom. The molecule has 0 radical (unpaired) electrons. The van der Waals surface area contributed by atoms with E-state index in [1.165, 1.54) is 44.5 Å². The molecular formula is C51H85F2N5O13S. The second-order valence-corrected chi connectivity index (χ2v) is 24.2. The molecule has 0 spiro atoms. The number of hydrogen-bond donors (Lipinski definition) is 5. The highest BCUT2D eigenvalue weighted by Gasteiger charge is 2.55. The number of benzene rings is 1. The molecule has 0 saturated carbocycles. The summed E-state index contributed by atoms with van der Waals surface area (Å²) in [6.45, 7) is 17.2. The molecule has 5 N–H and O–H groups in total. The topological polar surface area (TPSA) is 236 Å². The van der Waals surface area contributed by atoms with Crippen molar-refractivity contribution < 1.29 is 71.2 Å². The van der Waals surface area contributed by atoms with Gasteiger partial charge in [-0.25, -0.2) is 21.9 Å². The molecule has 72 heavy (non-hydrogen) atoms. The van der Waals surface area contributed by atoms with E-state index in [4.69, 9.17) is 23.7 Å². The molecule has 3 aliphatic heterocycles. The maximum atomic E-state index is 15.7. The SMILES string of the molecule is CC[C@H]1OC(=O)[C@H](C)[C@@H](C2C[C@@](C)(OC)[C@@H](O)[C@H](C)O2)[C@H](C)[C@@H](O[C@@H]2O[C@H](C)C[C@H](N(C)CCc3cn([C@H](CF)[C@H](F)c4ccc(S(C)(=O)=O)cc4)nn3)[C@H]2O)[C@](C)(O)C[C@@H](C)CN(C)[C@H](C)[C@@H](O)[C@]1(C)O. The number of hydrogen-bond acceptors (Lipinski definition) is 17. The Balaban J connectivity index is 1.45. The number of nitrogens with zero attached hydrogens (tertiary/aromatic N) is 5. The zero-order valence-electron chi connectivity index (χ0n) is 44.8. The van der Waals surface area contributed by atoms with Crippen LogP contribution in [0.25, 0.3) is 0 Å². The minimum Gasteiger partial charge on any atom is -0.459 e. The van der Waals surface area contributed by atoms with Crippen molar-refractivity contribution in [2.45, 2.75) is 202 Å². The van der Waals surface area contributed by atoms with Crippen LogP contribution in [0.3, 0.4) is 0 Å². The number of halogens is 2. The van der Waals surface area contributed by atoms with E-state index in [-0.39, 0.29) is 42.1 Å². The Hall–Kier alpha value is -2.80. The highest BCUT2D eigenvalue weighted by Crippen LogP contribution is 2.45. The number of likely N-dealkylation sites (N-methyl/N-ethyl adjacent to an activating group) is 2. The molecule has 18 nitrogen and oxygen atoms in total. The number of methoxy groups -OCH3 is 1. The largest absolute Gasteiger partial charge is 0.459 e. The number of ether oxygens (including phenoxy) is 5. The van der Waals surface area contributed by atoms with Crippen molar-refractivity contribution in [2.75, 3.05) is 47.2 Å². The van der Waals surface area contributed by atoms with Crippen molar-refractivity contribution in [3.63, 3.8) is 0 Å². The number of aromatic nitrogens is 3. The Labute approximate surface area is 425 Å². The van der Waals surface area contributed by atoms with Gasteiger partial charge in [-0.3, -0.25) is 4.79 Å². The van der Waals surface area contributed by atoms with E-state index in [9.17, 15) is 43.1 Å². The lowest BCUT2D eigenvalue weighted by Gasteiger charge is -2.51. The molecule has 3 fully saturated rings. The first-order valence-electron chi connectivity index (χ1n) is 25.4. The van der Waals surface area contributed by atoms with Crippen molar-refractivity contribution in [1.82, 2.24) is 24.8 Å². The number of carbonyl (C=O) groups is 1. The number of sulfone groups is 1. The first-order valence-corrected chi connectivity index (χ1v) is 27.3. The van der Waals surface area contributed by atoms with E-state index in [0.29, 0.717) is 25.2 Å². The normalized spacial score (nSPS) is 40.2. The Morgan fingerprint density at radius 3 is 2.22 bits per heavy atom. The summed E-state index contributed by atoms with van der Waals surface area (Å²) in [4.78, 5) is 18.4. The zero-order chi connectivity index (χ0) is 54.0. The lowest BCUT2D eigenvalue weighted by Crippen LogP contribution is -2.62. The second kappa shape index (κ2) is 24.0. The number of alkyl halides is 2. The highest BCUT2D eigenvalue weighted by atomic mass is 32.2. The molecule has 2 aromatic rings. The van der Waals surface area contributed by atoms with Gasteiger partial charge in [-0.2, -0.15) is 0 Å². The molecule has 0 aliphatic carbocycles. The highest BCUT2D eigenvalue weighted by molar-refractivity contribution is 7.90. The number of rotatable bonds is 14. The van der Waals surface area contributed by atoms with Crippen LogP contribution in [0.1, 0.15) is 118 Å². The first kappa shape index (κ1) is 60.1. The fourth-order valence-corrected chi connectivity index (χ4v) is 12.3. The second-order valence-electron chi connectivity index (χ2n) is 22.2. The fourth-order valence-electron chi connectivity index (χ4n) is 11.7. The van der Waals surface area contributed by atoms with Gasteiger partial charge in [-0.15, -0.1) is 5.10 Å². The quantitative estimate of drug-likeness (QED) is 0.168. The first-order chi connectivity index (χ1) is 33.4. The van der Waals surface area contributed by atoms with Crippen molar-refractivity contribution >= 4 is 15.8 Å².